The van der Waals surface area contributed by atoms with Crippen LogP contribution in [0.2, 0.25) is 0 Å². The summed E-state index contributed by atoms with van der Waals surface area (Å²) in [7, 11) is 2.19. The number of urea groups is 1. The molecule has 26 heavy (non-hydrogen) atoms. The summed E-state index contributed by atoms with van der Waals surface area (Å²) < 4.78 is 5.77. The first-order valence-corrected chi connectivity index (χ1v) is 10.1. The first-order valence-electron chi connectivity index (χ1n) is 9.22. The van der Waals surface area contributed by atoms with Gasteiger partial charge in [-0.15, -0.1) is 11.3 Å². The Morgan fingerprint density at radius 2 is 2.00 bits per heavy atom. The summed E-state index contributed by atoms with van der Waals surface area (Å²) >= 11 is 1.69. The molecular weight excluding hydrogens is 346 g/mol. The molecule has 0 aliphatic carbocycles. The summed E-state index contributed by atoms with van der Waals surface area (Å²) in [5.74, 6) is 0.810. The molecule has 6 heteroatoms. The standard InChI is InChI=1S/C20H25N3O2S/c1-22-16-6-7-17(22)13-23(11-10-16)20(24)21-15-4-8-18(9-5-15)25-14-19-3-2-12-26-19/h2-5,8-9,12,16-17H,6-7,10-11,13-14H2,1H3,(H,21,24)/t16-,17+/m0/s1. The second kappa shape index (κ2) is 7.68. The van der Waals surface area contributed by atoms with Gasteiger partial charge in [-0.3, -0.25) is 4.90 Å². The molecule has 2 fully saturated rings. The molecule has 2 bridgehead atoms. The largest absolute Gasteiger partial charge is 0.488 e. The number of amides is 2. The Hall–Kier alpha value is -2.05. The van der Waals surface area contributed by atoms with Crippen LogP contribution in [-0.2, 0) is 6.61 Å². The fraction of sp³-hybridized carbons (Fsp3) is 0.450. The number of likely N-dealkylation sites (N-methyl/N-ethyl adjacent to an activating group) is 1. The molecule has 0 unspecified atom stereocenters. The first-order chi connectivity index (χ1) is 12.7. The van der Waals surface area contributed by atoms with Gasteiger partial charge in [-0.2, -0.15) is 0 Å². The van der Waals surface area contributed by atoms with E-state index in [1.54, 1.807) is 11.3 Å². The molecule has 4 rings (SSSR count). The summed E-state index contributed by atoms with van der Waals surface area (Å²) in [4.78, 5) is 18.2. The van der Waals surface area contributed by atoms with Crippen LogP contribution in [0, 0.1) is 0 Å². The van der Waals surface area contributed by atoms with Gasteiger partial charge in [0.2, 0.25) is 0 Å². The number of carbonyl (C=O) groups is 1. The first kappa shape index (κ1) is 17.4. The molecule has 3 heterocycles. The lowest BCUT2D eigenvalue weighted by molar-refractivity contribution is 0.200. The quantitative estimate of drug-likeness (QED) is 0.883. The molecule has 0 spiro atoms. The van der Waals surface area contributed by atoms with E-state index in [1.165, 1.54) is 17.7 Å². The number of nitrogens with one attached hydrogen (secondary N) is 1. The zero-order valence-electron chi connectivity index (χ0n) is 15.1. The zero-order valence-corrected chi connectivity index (χ0v) is 15.9. The Morgan fingerprint density at radius 3 is 2.77 bits per heavy atom. The van der Waals surface area contributed by atoms with Crippen LogP contribution in [0.3, 0.4) is 0 Å². The maximum atomic E-state index is 12.6. The molecular formula is C20H25N3O2S. The molecule has 1 N–H and O–H groups in total. The Morgan fingerprint density at radius 1 is 1.19 bits per heavy atom. The van der Waals surface area contributed by atoms with Crippen molar-refractivity contribution in [1.29, 1.82) is 0 Å². The molecule has 0 saturated carbocycles. The minimum Gasteiger partial charge on any atom is -0.488 e. The summed E-state index contributed by atoms with van der Waals surface area (Å²) in [6.45, 7) is 2.23. The van der Waals surface area contributed by atoms with Crippen molar-refractivity contribution < 1.29 is 9.53 Å². The SMILES string of the molecule is CN1[C@H]2CC[C@@H]1CN(C(=O)Nc1ccc(OCc3cccs3)cc1)CC2. The molecule has 1 aromatic heterocycles. The summed E-state index contributed by atoms with van der Waals surface area (Å²) in [6.07, 6.45) is 3.53. The van der Waals surface area contributed by atoms with Crippen LogP contribution in [-0.4, -0.2) is 48.1 Å². The van der Waals surface area contributed by atoms with Crippen molar-refractivity contribution in [2.24, 2.45) is 0 Å². The van der Waals surface area contributed by atoms with Crippen LogP contribution in [0.4, 0.5) is 10.5 Å². The summed E-state index contributed by atoms with van der Waals surface area (Å²) in [5, 5.41) is 5.07. The number of ether oxygens (including phenoxy) is 1. The van der Waals surface area contributed by atoms with Crippen LogP contribution in [0.1, 0.15) is 24.1 Å². The maximum Gasteiger partial charge on any atom is 0.321 e. The van der Waals surface area contributed by atoms with Gasteiger partial charge in [-0.25, -0.2) is 4.79 Å². The lowest BCUT2D eigenvalue weighted by atomic mass is 10.1. The van der Waals surface area contributed by atoms with Crippen LogP contribution >= 0.6 is 11.3 Å². The lowest BCUT2D eigenvalue weighted by Gasteiger charge is -2.26. The zero-order chi connectivity index (χ0) is 17.9. The van der Waals surface area contributed by atoms with Gasteiger partial charge in [0, 0.05) is 35.7 Å². The Bertz CT molecular complexity index is 732. The molecule has 2 atom stereocenters. The molecule has 2 amide bonds. The average molecular weight is 372 g/mol. The third-order valence-electron chi connectivity index (χ3n) is 5.50. The topological polar surface area (TPSA) is 44.8 Å². The van der Waals surface area contributed by atoms with Gasteiger partial charge in [-0.1, -0.05) is 6.07 Å². The average Bonchev–Trinajstić information content (AvgIpc) is 3.22. The van der Waals surface area contributed by atoms with E-state index in [1.807, 2.05) is 40.6 Å². The van der Waals surface area contributed by atoms with Crippen molar-refractivity contribution in [2.75, 3.05) is 25.5 Å². The van der Waals surface area contributed by atoms with Gasteiger partial charge in [0.15, 0.2) is 0 Å². The third-order valence-corrected chi connectivity index (χ3v) is 6.35. The predicted octanol–water partition coefficient (Wildman–Crippen LogP) is 4.03. The number of carbonyl (C=O) groups excluding carboxylic acids is 1. The van der Waals surface area contributed by atoms with E-state index < -0.39 is 0 Å². The highest BCUT2D eigenvalue weighted by molar-refractivity contribution is 7.09. The number of rotatable bonds is 4. The second-order valence-corrected chi connectivity index (χ2v) is 8.14. The minimum absolute atomic E-state index is 0.00166. The molecule has 5 nitrogen and oxygen atoms in total. The van der Waals surface area contributed by atoms with Gasteiger partial charge < -0.3 is 15.0 Å². The van der Waals surface area contributed by atoms with Crippen LogP contribution < -0.4 is 10.1 Å². The number of likely N-dealkylation sites (tertiary alicyclic amines) is 1. The molecule has 2 aromatic rings. The highest BCUT2D eigenvalue weighted by atomic mass is 32.1. The molecule has 1 aromatic carbocycles. The highest BCUT2D eigenvalue weighted by Gasteiger charge is 2.35. The van der Waals surface area contributed by atoms with Gasteiger partial charge in [0.1, 0.15) is 12.4 Å². The van der Waals surface area contributed by atoms with Crippen molar-refractivity contribution >= 4 is 23.1 Å². The van der Waals surface area contributed by atoms with Crippen molar-refractivity contribution in [3.05, 3.63) is 46.7 Å². The second-order valence-electron chi connectivity index (χ2n) is 7.11. The number of hydrogen-bond acceptors (Lipinski definition) is 4. The Kier molecular flexibility index (Phi) is 5.13. The van der Waals surface area contributed by atoms with E-state index in [0.717, 1.165) is 30.9 Å². The van der Waals surface area contributed by atoms with Gasteiger partial charge in [-0.05, 0) is 62.0 Å². The molecule has 138 valence electrons. The summed E-state index contributed by atoms with van der Waals surface area (Å²) in [5.41, 5.74) is 0.807. The smallest absolute Gasteiger partial charge is 0.321 e. The number of benzene rings is 1. The molecule has 2 aliphatic rings. The van der Waals surface area contributed by atoms with Gasteiger partial charge in [0.05, 0.1) is 0 Å². The van der Waals surface area contributed by atoms with E-state index >= 15 is 0 Å². The lowest BCUT2D eigenvalue weighted by Crippen LogP contribution is -2.41. The number of thiophene rings is 1. The van der Waals surface area contributed by atoms with Crippen molar-refractivity contribution in [1.82, 2.24) is 9.80 Å². The summed E-state index contributed by atoms with van der Waals surface area (Å²) in [6, 6.07) is 12.8. The van der Waals surface area contributed by atoms with Crippen LogP contribution in [0.15, 0.2) is 41.8 Å². The predicted molar refractivity (Wildman–Crippen MR) is 105 cm³/mol. The number of nitrogens with zero attached hydrogens (tertiary/aromatic N) is 2. The fourth-order valence-electron chi connectivity index (χ4n) is 3.88. The molecule has 2 aliphatic heterocycles. The van der Waals surface area contributed by atoms with Crippen molar-refractivity contribution in [3.63, 3.8) is 0 Å². The number of fused-ring (bicyclic) bond motifs is 2. The Labute approximate surface area is 158 Å². The normalized spacial score (nSPS) is 22.9. The van der Waals surface area contributed by atoms with E-state index in [4.69, 9.17) is 4.74 Å². The maximum absolute atomic E-state index is 12.6. The van der Waals surface area contributed by atoms with E-state index in [0.29, 0.717) is 18.7 Å². The van der Waals surface area contributed by atoms with Crippen molar-refractivity contribution in [3.8, 4) is 5.75 Å². The Balaban J connectivity index is 1.31. The van der Waals surface area contributed by atoms with E-state index in [9.17, 15) is 4.79 Å². The fourth-order valence-corrected chi connectivity index (χ4v) is 4.50. The molecule has 2 saturated heterocycles. The van der Waals surface area contributed by atoms with E-state index in [-0.39, 0.29) is 6.03 Å². The monoisotopic (exact) mass is 371 g/mol. The number of hydrogen-bond donors (Lipinski definition) is 1. The minimum atomic E-state index is -0.00166. The van der Waals surface area contributed by atoms with Crippen LogP contribution in [0.25, 0.3) is 0 Å². The van der Waals surface area contributed by atoms with Crippen LogP contribution in [0.5, 0.6) is 5.75 Å². The van der Waals surface area contributed by atoms with Crippen molar-refractivity contribution in [2.45, 2.75) is 38.0 Å². The van der Waals surface area contributed by atoms with Gasteiger partial charge >= 0.3 is 6.03 Å². The number of anilines is 1. The molecule has 0 radical (unpaired) electrons. The highest BCUT2D eigenvalue weighted by Crippen LogP contribution is 2.28. The van der Waals surface area contributed by atoms with E-state index in [2.05, 4.69) is 23.3 Å². The van der Waals surface area contributed by atoms with Gasteiger partial charge in [0.25, 0.3) is 0 Å². The third kappa shape index (κ3) is 3.86.